The average molecular weight is 403 g/mol. The number of thiazole rings is 1. The van der Waals surface area contributed by atoms with Crippen LogP contribution in [-0.4, -0.2) is 43.2 Å². The molecular weight excluding hydrogens is 372 g/mol. The molecule has 1 heterocycles. The van der Waals surface area contributed by atoms with Gasteiger partial charge in [0.05, 0.1) is 30.5 Å². The van der Waals surface area contributed by atoms with E-state index in [1.807, 2.05) is 26.1 Å². The normalized spacial score (nSPS) is 14.9. The van der Waals surface area contributed by atoms with Crippen LogP contribution < -0.4 is 14.8 Å². The van der Waals surface area contributed by atoms with Crippen molar-refractivity contribution in [3.8, 4) is 11.5 Å². The Morgan fingerprint density at radius 1 is 1.36 bits per heavy atom. The van der Waals surface area contributed by atoms with Gasteiger partial charge in [-0.15, -0.1) is 11.3 Å². The molecule has 1 N–H and O–H groups in total. The highest BCUT2D eigenvalue weighted by atomic mass is 32.1. The monoisotopic (exact) mass is 402 g/mol. The number of methoxy groups -OCH3 is 1. The molecule has 0 radical (unpaired) electrons. The van der Waals surface area contributed by atoms with Crippen LogP contribution in [0, 0.1) is 6.92 Å². The molecule has 0 atom stereocenters. The lowest BCUT2D eigenvalue weighted by molar-refractivity contribution is 0.198. The molecule has 1 aromatic carbocycles. The van der Waals surface area contributed by atoms with Gasteiger partial charge >= 0.3 is 0 Å². The number of rotatable bonds is 7. The second-order valence-corrected chi connectivity index (χ2v) is 8.15. The molecule has 0 bridgehead atoms. The summed E-state index contributed by atoms with van der Waals surface area (Å²) in [7, 11) is 5.51. The Bertz CT molecular complexity index is 799. The smallest absolute Gasteiger partial charge is 0.194 e. The molecule has 0 unspecified atom stereocenters. The van der Waals surface area contributed by atoms with Crippen molar-refractivity contribution in [2.24, 2.45) is 4.99 Å². The predicted molar refractivity (Wildman–Crippen MR) is 114 cm³/mol. The number of benzene rings is 1. The van der Waals surface area contributed by atoms with Gasteiger partial charge < -0.3 is 19.7 Å². The molecule has 1 saturated carbocycles. The molecule has 0 saturated heterocycles. The summed E-state index contributed by atoms with van der Waals surface area (Å²) in [4.78, 5) is 11.0. The second-order valence-electron chi connectivity index (χ2n) is 7.09. The van der Waals surface area contributed by atoms with Crippen molar-refractivity contribution in [1.82, 2.24) is 15.2 Å². The number of aromatic nitrogens is 1. The molecule has 0 spiro atoms. The zero-order chi connectivity index (χ0) is 19.9. The van der Waals surface area contributed by atoms with Crippen LogP contribution in [0.5, 0.6) is 11.5 Å². The van der Waals surface area contributed by atoms with Crippen LogP contribution in [0.3, 0.4) is 0 Å². The van der Waals surface area contributed by atoms with Gasteiger partial charge in [0.2, 0.25) is 0 Å². The number of ether oxygens (including phenoxy) is 2. The Kier molecular flexibility index (Phi) is 7.14. The van der Waals surface area contributed by atoms with E-state index >= 15 is 0 Å². The second kappa shape index (κ2) is 9.78. The highest BCUT2D eigenvalue weighted by molar-refractivity contribution is 7.09. The first-order valence-corrected chi connectivity index (χ1v) is 10.6. The fourth-order valence-corrected chi connectivity index (χ4v) is 4.13. The van der Waals surface area contributed by atoms with Crippen LogP contribution in [0.1, 0.15) is 41.9 Å². The minimum absolute atomic E-state index is 0.282. The maximum atomic E-state index is 6.33. The Hall–Kier alpha value is -2.28. The summed E-state index contributed by atoms with van der Waals surface area (Å²) in [5.74, 6) is 2.45. The van der Waals surface area contributed by atoms with Crippen molar-refractivity contribution in [3.05, 3.63) is 39.8 Å². The standard InChI is InChI=1S/C21H30N4O2S/c1-15-24-17(14-28-15)13-25(3)21(22-2)23-12-16-8-7-11-19(26-4)20(16)27-18-9-5-6-10-18/h7-8,11,14,18H,5-6,9-10,12-13H2,1-4H3,(H,22,23). The van der Waals surface area contributed by atoms with Crippen molar-refractivity contribution in [3.63, 3.8) is 0 Å². The molecule has 28 heavy (non-hydrogen) atoms. The van der Waals surface area contributed by atoms with Gasteiger partial charge in [-0.25, -0.2) is 4.98 Å². The highest BCUT2D eigenvalue weighted by Gasteiger charge is 2.21. The number of hydrogen-bond acceptors (Lipinski definition) is 5. The van der Waals surface area contributed by atoms with E-state index in [0.29, 0.717) is 13.1 Å². The summed E-state index contributed by atoms with van der Waals surface area (Å²) in [6, 6.07) is 6.04. The zero-order valence-corrected chi connectivity index (χ0v) is 18.0. The van der Waals surface area contributed by atoms with E-state index in [-0.39, 0.29) is 6.10 Å². The molecule has 0 aliphatic heterocycles. The highest BCUT2D eigenvalue weighted by Crippen LogP contribution is 2.34. The van der Waals surface area contributed by atoms with Crippen molar-refractivity contribution in [2.75, 3.05) is 21.2 Å². The molecule has 152 valence electrons. The van der Waals surface area contributed by atoms with Gasteiger partial charge in [-0.05, 0) is 38.7 Å². The Morgan fingerprint density at radius 3 is 2.79 bits per heavy atom. The molecule has 6 nitrogen and oxygen atoms in total. The number of aryl methyl sites for hydroxylation is 1. The SMILES string of the molecule is CN=C(NCc1cccc(OC)c1OC1CCCC1)N(C)Cc1csc(C)n1. The van der Waals surface area contributed by atoms with Gasteiger partial charge in [0.25, 0.3) is 0 Å². The number of hydrogen-bond donors (Lipinski definition) is 1. The van der Waals surface area contributed by atoms with Crippen LogP contribution >= 0.6 is 11.3 Å². The number of para-hydroxylation sites is 1. The van der Waals surface area contributed by atoms with E-state index < -0.39 is 0 Å². The van der Waals surface area contributed by atoms with Crippen LogP contribution in [0.4, 0.5) is 0 Å². The van der Waals surface area contributed by atoms with Crippen molar-refractivity contribution in [1.29, 1.82) is 0 Å². The molecule has 0 amide bonds. The van der Waals surface area contributed by atoms with Gasteiger partial charge in [-0.1, -0.05) is 12.1 Å². The van der Waals surface area contributed by atoms with E-state index in [4.69, 9.17) is 9.47 Å². The summed E-state index contributed by atoms with van der Waals surface area (Å²) in [5.41, 5.74) is 2.13. The van der Waals surface area contributed by atoms with E-state index in [1.165, 1.54) is 12.8 Å². The van der Waals surface area contributed by atoms with Crippen LogP contribution in [0.2, 0.25) is 0 Å². The third-order valence-corrected chi connectivity index (χ3v) is 5.77. The third-order valence-electron chi connectivity index (χ3n) is 4.94. The summed E-state index contributed by atoms with van der Waals surface area (Å²) < 4.78 is 11.9. The fraction of sp³-hybridized carbons (Fsp3) is 0.524. The number of nitrogens with one attached hydrogen (secondary N) is 1. The average Bonchev–Trinajstić information content (AvgIpc) is 3.35. The summed E-state index contributed by atoms with van der Waals surface area (Å²) >= 11 is 1.67. The van der Waals surface area contributed by atoms with E-state index in [2.05, 4.69) is 31.6 Å². The lowest BCUT2D eigenvalue weighted by atomic mass is 10.1. The molecule has 7 heteroatoms. The predicted octanol–water partition coefficient (Wildman–Crippen LogP) is 3.99. The first-order valence-electron chi connectivity index (χ1n) is 9.76. The topological polar surface area (TPSA) is 59.0 Å². The minimum atomic E-state index is 0.282. The zero-order valence-electron chi connectivity index (χ0n) is 17.2. The minimum Gasteiger partial charge on any atom is -0.493 e. The van der Waals surface area contributed by atoms with Gasteiger partial charge in [-0.3, -0.25) is 4.99 Å². The van der Waals surface area contributed by atoms with Crippen molar-refractivity contribution < 1.29 is 9.47 Å². The summed E-state index contributed by atoms with van der Waals surface area (Å²) in [5, 5.41) is 6.62. The molecule has 1 aliphatic carbocycles. The van der Waals surface area contributed by atoms with Gasteiger partial charge in [0, 0.05) is 31.6 Å². The molecule has 1 aliphatic rings. The molecule has 3 rings (SSSR count). The summed E-state index contributed by atoms with van der Waals surface area (Å²) in [6.07, 6.45) is 4.98. The first-order chi connectivity index (χ1) is 13.6. The van der Waals surface area contributed by atoms with Crippen LogP contribution in [0.15, 0.2) is 28.6 Å². The molecular formula is C21H30N4O2S. The van der Waals surface area contributed by atoms with Gasteiger partial charge in [-0.2, -0.15) is 0 Å². The van der Waals surface area contributed by atoms with Crippen LogP contribution in [0.25, 0.3) is 0 Å². The lowest BCUT2D eigenvalue weighted by Gasteiger charge is -2.23. The van der Waals surface area contributed by atoms with Crippen molar-refractivity contribution >= 4 is 17.3 Å². The number of aliphatic imine (C=N–C) groups is 1. The quantitative estimate of drug-likeness (QED) is 0.561. The lowest BCUT2D eigenvalue weighted by Crippen LogP contribution is -2.38. The van der Waals surface area contributed by atoms with Gasteiger partial charge in [0.1, 0.15) is 0 Å². The Labute approximate surface area is 171 Å². The molecule has 1 fully saturated rings. The fourth-order valence-electron chi connectivity index (χ4n) is 3.53. The van der Waals surface area contributed by atoms with Crippen LogP contribution in [-0.2, 0) is 13.1 Å². The Balaban J connectivity index is 1.67. The summed E-state index contributed by atoms with van der Waals surface area (Å²) in [6.45, 7) is 3.36. The maximum Gasteiger partial charge on any atom is 0.194 e. The van der Waals surface area contributed by atoms with Gasteiger partial charge in [0.15, 0.2) is 17.5 Å². The first kappa shape index (κ1) is 20.5. The third kappa shape index (κ3) is 5.16. The maximum absolute atomic E-state index is 6.33. The van der Waals surface area contributed by atoms with Crippen molar-refractivity contribution in [2.45, 2.75) is 51.8 Å². The van der Waals surface area contributed by atoms with E-state index in [9.17, 15) is 0 Å². The van der Waals surface area contributed by atoms with E-state index in [1.54, 1.807) is 25.5 Å². The largest absolute Gasteiger partial charge is 0.493 e. The van der Waals surface area contributed by atoms with E-state index in [0.717, 1.165) is 46.6 Å². The molecule has 1 aromatic heterocycles. The number of nitrogens with zero attached hydrogens (tertiary/aromatic N) is 3. The Morgan fingerprint density at radius 2 is 2.14 bits per heavy atom. The molecule has 2 aromatic rings. The number of guanidine groups is 1.